The Balaban J connectivity index is 2.24. The summed E-state index contributed by atoms with van der Waals surface area (Å²) in [6.45, 7) is 7.21. The number of ether oxygens (including phenoxy) is 1. The normalized spacial score (nSPS) is 16.1. The fourth-order valence-electron chi connectivity index (χ4n) is 2.55. The molecule has 1 aliphatic rings. The lowest BCUT2D eigenvalue weighted by atomic mass is 10.1. The molecule has 0 aliphatic carbocycles. The second-order valence-electron chi connectivity index (χ2n) is 4.89. The molecule has 110 valence electrons. The zero-order chi connectivity index (χ0) is 14.5. The van der Waals surface area contributed by atoms with E-state index in [0.717, 1.165) is 44.1 Å². The number of hydrogen-bond donors (Lipinski definition) is 1. The summed E-state index contributed by atoms with van der Waals surface area (Å²) >= 11 is 0. The topological polar surface area (TPSA) is 44.8 Å². The molecule has 1 aromatic rings. The molecule has 0 bridgehead atoms. The Hall–Kier alpha value is -1.75. The molecule has 0 spiro atoms. The molecule has 1 heterocycles. The van der Waals surface area contributed by atoms with Gasteiger partial charge in [-0.3, -0.25) is 0 Å². The molecule has 1 saturated heterocycles. The highest BCUT2D eigenvalue weighted by molar-refractivity contribution is 5.97. The molecule has 0 unspecified atom stereocenters. The molecular formula is C15H23N3O2. The molecule has 1 aromatic carbocycles. The number of methoxy groups -OCH3 is 1. The average molecular weight is 277 g/mol. The standard InChI is InChI=1S/C15H23N3O2/c1-4-17-7-9-18(10-8-17)14-6-5-12(16-2)11-13(14)15(19)20-3/h5-6,11,16H,4,7-10H2,1-3H3. The fourth-order valence-corrected chi connectivity index (χ4v) is 2.55. The Morgan fingerprint density at radius 3 is 2.55 bits per heavy atom. The summed E-state index contributed by atoms with van der Waals surface area (Å²) in [7, 11) is 3.27. The first kappa shape index (κ1) is 14.7. The number of rotatable bonds is 4. The highest BCUT2D eigenvalue weighted by Crippen LogP contribution is 2.26. The van der Waals surface area contributed by atoms with Crippen LogP contribution in [-0.4, -0.2) is 57.8 Å². The Morgan fingerprint density at radius 1 is 1.30 bits per heavy atom. The summed E-state index contributed by atoms with van der Waals surface area (Å²) in [5.41, 5.74) is 2.51. The van der Waals surface area contributed by atoms with Crippen LogP contribution < -0.4 is 10.2 Å². The number of nitrogens with zero attached hydrogens (tertiary/aromatic N) is 2. The molecule has 0 atom stereocenters. The minimum absolute atomic E-state index is 0.282. The SMILES string of the molecule is CCN1CCN(c2ccc(NC)cc2C(=O)OC)CC1. The van der Waals surface area contributed by atoms with Crippen molar-refractivity contribution in [3.8, 4) is 0 Å². The van der Waals surface area contributed by atoms with Crippen molar-refractivity contribution >= 4 is 17.3 Å². The van der Waals surface area contributed by atoms with E-state index >= 15 is 0 Å². The number of anilines is 2. The van der Waals surface area contributed by atoms with E-state index in [2.05, 4.69) is 22.0 Å². The number of carbonyl (C=O) groups is 1. The van der Waals surface area contributed by atoms with Crippen LogP contribution in [0.5, 0.6) is 0 Å². The van der Waals surface area contributed by atoms with Crippen LogP contribution in [0, 0.1) is 0 Å². The number of carbonyl (C=O) groups excluding carboxylic acids is 1. The zero-order valence-corrected chi connectivity index (χ0v) is 12.5. The average Bonchev–Trinajstić information content (AvgIpc) is 2.53. The molecule has 0 amide bonds. The van der Waals surface area contributed by atoms with Gasteiger partial charge in [0.1, 0.15) is 0 Å². The van der Waals surface area contributed by atoms with Crippen LogP contribution in [0.4, 0.5) is 11.4 Å². The molecule has 0 aromatic heterocycles. The number of nitrogens with one attached hydrogen (secondary N) is 1. The van der Waals surface area contributed by atoms with Crippen LogP contribution in [-0.2, 0) is 4.74 Å². The minimum atomic E-state index is -0.282. The van der Waals surface area contributed by atoms with Crippen LogP contribution >= 0.6 is 0 Å². The van der Waals surface area contributed by atoms with Crippen LogP contribution in [0.2, 0.25) is 0 Å². The summed E-state index contributed by atoms with van der Waals surface area (Å²) in [6.07, 6.45) is 0. The van der Waals surface area contributed by atoms with E-state index < -0.39 is 0 Å². The molecule has 1 aliphatic heterocycles. The van der Waals surface area contributed by atoms with E-state index in [1.54, 1.807) is 0 Å². The van der Waals surface area contributed by atoms with Gasteiger partial charge in [-0.2, -0.15) is 0 Å². The number of likely N-dealkylation sites (N-methyl/N-ethyl adjacent to an activating group) is 1. The van der Waals surface area contributed by atoms with E-state index in [0.29, 0.717) is 5.56 Å². The van der Waals surface area contributed by atoms with Gasteiger partial charge in [0.05, 0.1) is 18.4 Å². The molecular weight excluding hydrogens is 254 g/mol. The van der Waals surface area contributed by atoms with Gasteiger partial charge in [0.15, 0.2) is 0 Å². The molecule has 5 nitrogen and oxygen atoms in total. The number of piperazine rings is 1. The van der Waals surface area contributed by atoms with E-state index in [1.807, 2.05) is 25.2 Å². The summed E-state index contributed by atoms with van der Waals surface area (Å²) < 4.78 is 4.91. The summed E-state index contributed by atoms with van der Waals surface area (Å²) in [4.78, 5) is 16.7. The van der Waals surface area contributed by atoms with Gasteiger partial charge in [-0.1, -0.05) is 6.92 Å². The zero-order valence-electron chi connectivity index (χ0n) is 12.5. The highest BCUT2D eigenvalue weighted by Gasteiger charge is 2.21. The molecule has 0 saturated carbocycles. The Kier molecular flexibility index (Phi) is 4.84. The van der Waals surface area contributed by atoms with Gasteiger partial charge >= 0.3 is 5.97 Å². The third-order valence-corrected chi connectivity index (χ3v) is 3.85. The van der Waals surface area contributed by atoms with Crippen LogP contribution in [0.15, 0.2) is 18.2 Å². The summed E-state index contributed by atoms with van der Waals surface area (Å²) in [5, 5.41) is 3.06. The maximum atomic E-state index is 12.0. The van der Waals surface area contributed by atoms with Gasteiger partial charge in [-0.05, 0) is 24.7 Å². The van der Waals surface area contributed by atoms with Crippen LogP contribution in [0.3, 0.4) is 0 Å². The first-order chi connectivity index (χ1) is 9.69. The molecule has 5 heteroatoms. The maximum absolute atomic E-state index is 12.0. The van der Waals surface area contributed by atoms with Crippen LogP contribution in [0.25, 0.3) is 0 Å². The first-order valence-electron chi connectivity index (χ1n) is 7.07. The number of hydrogen-bond acceptors (Lipinski definition) is 5. The minimum Gasteiger partial charge on any atom is -0.465 e. The Bertz CT molecular complexity index is 468. The van der Waals surface area contributed by atoms with Gasteiger partial charge in [0.25, 0.3) is 0 Å². The van der Waals surface area contributed by atoms with Gasteiger partial charge in [-0.25, -0.2) is 4.79 Å². The predicted octanol–water partition coefficient (Wildman–Crippen LogP) is 1.66. The lowest BCUT2D eigenvalue weighted by molar-refractivity contribution is 0.0601. The van der Waals surface area contributed by atoms with E-state index in [-0.39, 0.29) is 5.97 Å². The molecule has 20 heavy (non-hydrogen) atoms. The first-order valence-corrected chi connectivity index (χ1v) is 7.07. The van der Waals surface area contributed by atoms with Crippen molar-refractivity contribution in [2.75, 3.05) is 57.1 Å². The predicted molar refractivity (Wildman–Crippen MR) is 81.7 cm³/mol. The van der Waals surface area contributed by atoms with E-state index in [4.69, 9.17) is 4.74 Å². The van der Waals surface area contributed by atoms with Gasteiger partial charge < -0.3 is 19.9 Å². The molecule has 1 fully saturated rings. The largest absolute Gasteiger partial charge is 0.465 e. The van der Waals surface area contributed by atoms with Crippen molar-refractivity contribution in [2.24, 2.45) is 0 Å². The lowest BCUT2D eigenvalue weighted by Gasteiger charge is -2.36. The Morgan fingerprint density at radius 2 is 2.00 bits per heavy atom. The smallest absolute Gasteiger partial charge is 0.340 e. The van der Waals surface area contributed by atoms with Crippen molar-refractivity contribution in [1.82, 2.24) is 4.90 Å². The third-order valence-electron chi connectivity index (χ3n) is 3.85. The number of benzene rings is 1. The van der Waals surface area contributed by atoms with Crippen molar-refractivity contribution in [1.29, 1.82) is 0 Å². The van der Waals surface area contributed by atoms with Crippen LogP contribution in [0.1, 0.15) is 17.3 Å². The molecule has 1 N–H and O–H groups in total. The second kappa shape index (κ2) is 6.61. The maximum Gasteiger partial charge on any atom is 0.340 e. The molecule has 2 rings (SSSR count). The quantitative estimate of drug-likeness (QED) is 0.848. The second-order valence-corrected chi connectivity index (χ2v) is 4.89. The van der Waals surface area contributed by atoms with Crippen molar-refractivity contribution < 1.29 is 9.53 Å². The number of esters is 1. The van der Waals surface area contributed by atoms with Gasteiger partial charge in [0, 0.05) is 38.9 Å². The van der Waals surface area contributed by atoms with Gasteiger partial charge in [-0.15, -0.1) is 0 Å². The highest BCUT2D eigenvalue weighted by atomic mass is 16.5. The fraction of sp³-hybridized carbons (Fsp3) is 0.533. The van der Waals surface area contributed by atoms with E-state index in [9.17, 15) is 4.79 Å². The lowest BCUT2D eigenvalue weighted by Crippen LogP contribution is -2.46. The summed E-state index contributed by atoms with van der Waals surface area (Å²) in [5.74, 6) is -0.282. The van der Waals surface area contributed by atoms with Crippen molar-refractivity contribution in [2.45, 2.75) is 6.92 Å². The summed E-state index contributed by atoms with van der Waals surface area (Å²) in [6, 6.07) is 5.85. The van der Waals surface area contributed by atoms with E-state index in [1.165, 1.54) is 7.11 Å². The van der Waals surface area contributed by atoms with Crippen molar-refractivity contribution in [3.05, 3.63) is 23.8 Å². The third kappa shape index (κ3) is 3.04. The molecule has 0 radical (unpaired) electrons. The van der Waals surface area contributed by atoms with Crippen molar-refractivity contribution in [3.63, 3.8) is 0 Å². The monoisotopic (exact) mass is 277 g/mol. The Labute approximate surface area is 120 Å². The van der Waals surface area contributed by atoms with Gasteiger partial charge in [0.2, 0.25) is 0 Å².